The van der Waals surface area contributed by atoms with E-state index in [1.165, 1.54) is 5.56 Å². The van der Waals surface area contributed by atoms with E-state index in [0.29, 0.717) is 5.92 Å². The minimum Gasteiger partial charge on any atom is -0.407 e. The lowest BCUT2D eigenvalue weighted by molar-refractivity contribution is 0.0343. The summed E-state index contributed by atoms with van der Waals surface area (Å²) in [6.45, 7) is 10.3. The van der Waals surface area contributed by atoms with E-state index in [4.69, 9.17) is 9.31 Å². The Morgan fingerprint density at radius 3 is 2.50 bits per heavy atom. The van der Waals surface area contributed by atoms with E-state index in [1.54, 1.807) is 0 Å². The van der Waals surface area contributed by atoms with E-state index in [1.807, 2.05) is 0 Å². The molecule has 1 aromatic carbocycles. The highest BCUT2D eigenvalue weighted by Crippen LogP contribution is 2.21. The number of hydrogen-bond acceptors (Lipinski definition) is 2. The molecule has 18 heavy (non-hydrogen) atoms. The predicted molar refractivity (Wildman–Crippen MR) is 76.1 cm³/mol. The zero-order valence-corrected chi connectivity index (χ0v) is 11.9. The maximum atomic E-state index is 5.82. The molecule has 1 aliphatic heterocycles. The zero-order valence-electron chi connectivity index (χ0n) is 11.9. The fraction of sp³-hybridized carbons (Fsp3) is 0.600. The van der Waals surface area contributed by atoms with Gasteiger partial charge in [-0.05, 0) is 23.4 Å². The van der Waals surface area contributed by atoms with Crippen LogP contribution in [0.15, 0.2) is 24.3 Å². The Hall–Kier alpha value is -0.795. The van der Waals surface area contributed by atoms with Gasteiger partial charge in [-0.25, -0.2) is 0 Å². The molecule has 1 fully saturated rings. The van der Waals surface area contributed by atoms with Crippen molar-refractivity contribution in [3.8, 4) is 0 Å². The molecular weight excluding hydrogens is 223 g/mol. The van der Waals surface area contributed by atoms with Gasteiger partial charge in [0.25, 0.3) is 0 Å². The highest BCUT2D eigenvalue weighted by molar-refractivity contribution is 6.61. The Balaban J connectivity index is 2.05. The van der Waals surface area contributed by atoms with Crippen molar-refractivity contribution in [2.75, 3.05) is 13.2 Å². The second-order valence-electron chi connectivity index (χ2n) is 6.46. The largest absolute Gasteiger partial charge is 0.493 e. The fourth-order valence-corrected chi connectivity index (χ4v) is 2.22. The van der Waals surface area contributed by atoms with Crippen LogP contribution < -0.4 is 5.46 Å². The van der Waals surface area contributed by atoms with Crippen molar-refractivity contribution < 1.29 is 9.31 Å². The Labute approximate surface area is 111 Å². The molecule has 0 atom stereocenters. The minimum absolute atomic E-state index is 0.131. The average molecular weight is 246 g/mol. The lowest BCUT2D eigenvalue weighted by Crippen LogP contribution is -2.47. The van der Waals surface area contributed by atoms with Crippen LogP contribution in [0.25, 0.3) is 0 Å². The van der Waals surface area contributed by atoms with Crippen LogP contribution in [0.3, 0.4) is 0 Å². The Kier molecular flexibility index (Phi) is 4.13. The standard InChI is InChI=1S/C15H23BO2/c1-12(2)8-13-6-5-7-14(9-13)16-17-10-15(3,4)11-18-16/h5-7,9,12H,8,10-11H2,1-4H3. The van der Waals surface area contributed by atoms with Crippen molar-refractivity contribution in [3.63, 3.8) is 0 Å². The van der Waals surface area contributed by atoms with Crippen molar-refractivity contribution >= 4 is 12.6 Å². The average Bonchev–Trinajstić information content (AvgIpc) is 2.28. The molecule has 2 nitrogen and oxygen atoms in total. The van der Waals surface area contributed by atoms with Crippen LogP contribution >= 0.6 is 0 Å². The SMILES string of the molecule is CC(C)Cc1cccc(B2OCC(C)(C)CO2)c1. The first-order valence-electron chi connectivity index (χ1n) is 6.78. The third kappa shape index (κ3) is 3.60. The molecule has 0 amide bonds. The molecule has 1 heterocycles. The van der Waals surface area contributed by atoms with Crippen LogP contribution in [0.4, 0.5) is 0 Å². The van der Waals surface area contributed by atoms with Gasteiger partial charge in [0.15, 0.2) is 0 Å². The first kappa shape index (κ1) is 13.6. The van der Waals surface area contributed by atoms with Crippen molar-refractivity contribution in [3.05, 3.63) is 29.8 Å². The summed E-state index contributed by atoms with van der Waals surface area (Å²) in [6, 6.07) is 8.57. The van der Waals surface area contributed by atoms with Crippen molar-refractivity contribution in [1.82, 2.24) is 0 Å². The Morgan fingerprint density at radius 1 is 1.22 bits per heavy atom. The summed E-state index contributed by atoms with van der Waals surface area (Å²) in [7, 11) is -0.190. The molecule has 0 aromatic heterocycles. The lowest BCUT2D eigenvalue weighted by atomic mass is 9.75. The van der Waals surface area contributed by atoms with Crippen molar-refractivity contribution in [2.24, 2.45) is 11.3 Å². The van der Waals surface area contributed by atoms with Gasteiger partial charge in [0.1, 0.15) is 0 Å². The highest BCUT2D eigenvalue weighted by Gasteiger charge is 2.33. The lowest BCUT2D eigenvalue weighted by Gasteiger charge is -2.33. The molecule has 0 bridgehead atoms. The van der Waals surface area contributed by atoms with E-state index >= 15 is 0 Å². The summed E-state index contributed by atoms with van der Waals surface area (Å²) in [5.41, 5.74) is 2.63. The van der Waals surface area contributed by atoms with Crippen LogP contribution in [0.2, 0.25) is 0 Å². The monoisotopic (exact) mass is 246 g/mol. The van der Waals surface area contributed by atoms with Crippen LogP contribution in [0.5, 0.6) is 0 Å². The first-order chi connectivity index (χ1) is 8.46. The highest BCUT2D eigenvalue weighted by atomic mass is 16.6. The summed E-state index contributed by atoms with van der Waals surface area (Å²) in [4.78, 5) is 0. The quantitative estimate of drug-likeness (QED) is 0.763. The molecule has 1 aromatic rings. The van der Waals surface area contributed by atoms with Gasteiger partial charge in [0.2, 0.25) is 0 Å². The third-order valence-corrected chi connectivity index (χ3v) is 3.12. The molecule has 0 saturated carbocycles. The van der Waals surface area contributed by atoms with Crippen LogP contribution in [0, 0.1) is 11.3 Å². The molecule has 0 spiro atoms. The van der Waals surface area contributed by atoms with Crippen LogP contribution in [-0.2, 0) is 15.7 Å². The predicted octanol–water partition coefficient (Wildman–Crippen LogP) is 2.65. The van der Waals surface area contributed by atoms with Gasteiger partial charge in [0.05, 0.1) is 0 Å². The summed E-state index contributed by atoms with van der Waals surface area (Å²) in [5, 5.41) is 0. The van der Waals surface area contributed by atoms with E-state index in [-0.39, 0.29) is 12.5 Å². The summed E-state index contributed by atoms with van der Waals surface area (Å²) in [6.07, 6.45) is 1.10. The molecule has 3 heteroatoms. The maximum Gasteiger partial charge on any atom is 0.493 e. The molecule has 98 valence electrons. The molecule has 0 radical (unpaired) electrons. The first-order valence-corrected chi connectivity index (χ1v) is 6.78. The molecular formula is C15H23BO2. The Morgan fingerprint density at radius 2 is 1.89 bits per heavy atom. The van der Waals surface area contributed by atoms with E-state index in [9.17, 15) is 0 Å². The zero-order chi connectivity index (χ0) is 13.2. The second kappa shape index (κ2) is 5.46. The summed E-state index contributed by atoms with van der Waals surface area (Å²) >= 11 is 0. The number of benzene rings is 1. The minimum atomic E-state index is -0.190. The topological polar surface area (TPSA) is 18.5 Å². The van der Waals surface area contributed by atoms with E-state index in [2.05, 4.69) is 52.0 Å². The van der Waals surface area contributed by atoms with Gasteiger partial charge in [-0.15, -0.1) is 0 Å². The van der Waals surface area contributed by atoms with Gasteiger partial charge in [-0.3, -0.25) is 0 Å². The maximum absolute atomic E-state index is 5.82. The molecule has 2 rings (SSSR count). The van der Waals surface area contributed by atoms with Crippen LogP contribution in [-0.4, -0.2) is 20.3 Å². The second-order valence-corrected chi connectivity index (χ2v) is 6.46. The molecule has 0 aliphatic carbocycles. The van der Waals surface area contributed by atoms with Gasteiger partial charge in [-0.1, -0.05) is 52.0 Å². The van der Waals surface area contributed by atoms with Crippen molar-refractivity contribution in [1.29, 1.82) is 0 Å². The summed E-state index contributed by atoms with van der Waals surface area (Å²) in [5.74, 6) is 0.673. The van der Waals surface area contributed by atoms with Gasteiger partial charge < -0.3 is 9.31 Å². The number of hydrogen-bond donors (Lipinski definition) is 0. The summed E-state index contributed by atoms with van der Waals surface area (Å²) < 4.78 is 11.6. The Bertz CT molecular complexity index is 391. The third-order valence-electron chi connectivity index (χ3n) is 3.12. The van der Waals surface area contributed by atoms with E-state index < -0.39 is 0 Å². The van der Waals surface area contributed by atoms with Crippen LogP contribution in [0.1, 0.15) is 33.3 Å². The molecule has 1 aliphatic rings. The van der Waals surface area contributed by atoms with Gasteiger partial charge in [-0.2, -0.15) is 0 Å². The van der Waals surface area contributed by atoms with Gasteiger partial charge in [0, 0.05) is 18.6 Å². The smallest absolute Gasteiger partial charge is 0.407 e. The molecule has 0 unspecified atom stereocenters. The normalized spacial score (nSPS) is 19.3. The molecule has 1 saturated heterocycles. The number of rotatable bonds is 3. The molecule has 0 N–H and O–H groups in total. The van der Waals surface area contributed by atoms with Gasteiger partial charge >= 0.3 is 7.12 Å². The van der Waals surface area contributed by atoms with Crippen molar-refractivity contribution in [2.45, 2.75) is 34.1 Å². The van der Waals surface area contributed by atoms with E-state index in [0.717, 1.165) is 25.1 Å². The fourth-order valence-electron chi connectivity index (χ4n) is 2.22.